The lowest BCUT2D eigenvalue weighted by atomic mass is 9.73. The molecule has 1 saturated carbocycles. The number of aromatic nitrogens is 1. The normalized spacial score (nSPS) is 24.1. The van der Waals surface area contributed by atoms with Crippen molar-refractivity contribution in [3.63, 3.8) is 0 Å². The van der Waals surface area contributed by atoms with Gasteiger partial charge < -0.3 is 15.8 Å². The van der Waals surface area contributed by atoms with Gasteiger partial charge in [-0.15, -0.1) is 0 Å². The maximum atomic E-state index is 12.0. The maximum absolute atomic E-state index is 12.0. The number of nitro benzene ring substituents is 1. The number of nitrogens with one attached hydrogen (secondary N) is 1. The van der Waals surface area contributed by atoms with Gasteiger partial charge in [-0.25, -0.2) is 5.87 Å². The number of nitriles is 2. The monoisotopic (exact) mass is 440 g/mol. The Morgan fingerprint density at radius 2 is 1.97 bits per heavy atom. The van der Waals surface area contributed by atoms with E-state index in [9.17, 15) is 31.2 Å². The number of benzene rings is 1. The summed E-state index contributed by atoms with van der Waals surface area (Å²) in [4.78, 5) is 10.7. The average Bonchev–Trinajstić information content (AvgIpc) is 3.66. The number of hydrogen-bond donors (Lipinski definition) is 2. The van der Waals surface area contributed by atoms with E-state index in [1.165, 1.54) is 12.1 Å². The van der Waals surface area contributed by atoms with Crippen LogP contribution in [0.25, 0.3) is 5.41 Å². The van der Waals surface area contributed by atoms with Crippen LogP contribution < -0.4 is 9.88 Å². The third-order valence-electron chi connectivity index (χ3n) is 6.33. The van der Waals surface area contributed by atoms with Gasteiger partial charge in [-0.1, -0.05) is 18.2 Å². The number of non-ortho nitro benzene ring substituents is 1. The highest BCUT2D eigenvalue weighted by Gasteiger charge is 2.61. The summed E-state index contributed by atoms with van der Waals surface area (Å²) in [5.41, 5.74) is -0.441. The third-order valence-corrected chi connectivity index (χ3v) is 6.33. The Morgan fingerprint density at radius 3 is 2.48 bits per heavy atom. The van der Waals surface area contributed by atoms with Gasteiger partial charge in [0, 0.05) is 37.1 Å². The number of rotatable bonds is 5. The van der Waals surface area contributed by atoms with Gasteiger partial charge in [0.2, 0.25) is 11.8 Å². The first kappa shape index (κ1) is 21.9. The van der Waals surface area contributed by atoms with Crippen LogP contribution in [0.1, 0.15) is 36.1 Å². The van der Waals surface area contributed by atoms with Gasteiger partial charge in [-0.3, -0.25) is 10.1 Å². The second-order valence-electron chi connectivity index (χ2n) is 8.24. The highest BCUT2D eigenvalue weighted by Crippen LogP contribution is 2.52. The minimum Gasteiger partial charge on any atom is -0.762 e. The van der Waals surface area contributed by atoms with E-state index in [4.69, 9.17) is 0 Å². The summed E-state index contributed by atoms with van der Waals surface area (Å²) >= 11 is 0. The van der Waals surface area contributed by atoms with Crippen LogP contribution in [-0.2, 0) is 0 Å². The molecule has 2 N–H and O–H groups in total. The smallest absolute Gasteiger partial charge is 0.269 e. The lowest BCUT2D eigenvalue weighted by Gasteiger charge is -2.43. The van der Waals surface area contributed by atoms with E-state index in [1.54, 1.807) is 12.1 Å². The van der Waals surface area contributed by atoms with E-state index in [1.807, 2.05) is 47.8 Å². The Morgan fingerprint density at radius 1 is 1.27 bits per heavy atom. The highest BCUT2D eigenvalue weighted by atomic mass is 16.6. The fourth-order valence-electron chi connectivity index (χ4n) is 4.61. The first-order valence-electron chi connectivity index (χ1n) is 10.4. The number of aliphatic hydroxyl groups is 1. The lowest BCUT2D eigenvalue weighted by molar-refractivity contribution is -0.747. The van der Waals surface area contributed by atoms with Crippen LogP contribution in [0.3, 0.4) is 0 Å². The molecule has 0 bridgehead atoms. The van der Waals surface area contributed by atoms with Crippen molar-refractivity contribution < 1.29 is 14.6 Å². The van der Waals surface area contributed by atoms with E-state index in [-0.39, 0.29) is 28.4 Å². The lowest BCUT2D eigenvalue weighted by Crippen LogP contribution is -2.66. The summed E-state index contributed by atoms with van der Waals surface area (Å²) < 4.78 is 1.88. The minimum absolute atomic E-state index is 0.00527. The molecule has 2 heterocycles. The van der Waals surface area contributed by atoms with Crippen LogP contribution in [0.4, 0.5) is 5.69 Å². The van der Waals surface area contributed by atoms with Crippen LogP contribution >= 0.6 is 0 Å². The first-order valence-corrected chi connectivity index (χ1v) is 10.4. The molecule has 1 aromatic carbocycles. The molecule has 1 aromatic heterocycles. The number of aryl methyl sites for hydroxylation is 1. The predicted octanol–water partition coefficient (Wildman–Crippen LogP) is 2.68. The second kappa shape index (κ2) is 8.33. The summed E-state index contributed by atoms with van der Waals surface area (Å²) in [5, 5.41) is 55.4. The number of hydrogen-bond acceptors (Lipinski definition) is 6. The molecule has 9 heteroatoms. The van der Waals surface area contributed by atoms with Crippen LogP contribution in [0.15, 0.2) is 65.5 Å². The quantitative estimate of drug-likeness (QED) is 0.240. The molecule has 33 heavy (non-hydrogen) atoms. The summed E-state index contributed by atoms with van der Waals surface area (Å²) in [6.45, 7) is 1.88. The molecular formula is C24H20N6O3. The molecule has 1 fully saturated rings. The van der Waals surface area contributed by atoms with Crippen molar-refractivity contribution in [1.29, 1.82) is 10.5 Å². The number of nitrogens with zero attached hydrogens (tertiary/aromatic N) is 5. The highest BCUT2D eigenvalue weighted by molar-refractivity contribution is 5.74. The van der Waals surface area contributed by atoms with E-state index < -0.39 is 22.6 Å². The van der Waals surface area contributed by atoms with Gasteiger partial charge in [-0.05, 0) is 18.4 Å². The van der Waals surface area contributed by atoms with Crippen LogP contribution in [0, 0.1) is 45.6 Å². The van der Waals surface area contributed by atoms with Gasteiger partial charge in [0.05, 0.1) is 33.8 Å². The average molecular weight is 440 g/mol. The molecule has 0 radical (unpaired) electrons. The predicted molar refractivity (Wildman–Crippen MR) is 117 cm³/mol. The Balaban J connectivity index is 2.04. The van der Waals surface area contributed by atoms with Gasteiger partial charge in [0.15, 0.2) is 11.9 Å². The van der Waals surface area contributed by atoms with E-state index in [2.05, 4.69) is 11.4 Å². The van der Waals surface area contributed by atoms with Crippen LogP contribution in [0.2, 0.25) is 0 Å². The number of allylic oxidation sites excluding steroid dienone is 2. The molecule has 2 aliphatic rings. The Labute approximate surface area is 190 Å². The van der Waals surface area contributed by atoms with E-state index in [0.717, 1.165) is 18.5 Å². The zero-order valence-corrected chi connectivity index (χ0v) is 17.8. The summed E-state index contributed by atoms with van der Waals surface area (Å²) in [5.74, 6) is 0.895. The Bertz CT molecular complexity index is 1290. The standard InChI is InChI=1S/C24H20N6O3/c1-15-4-2-3-11-29(15)23-21(16-5-9-19(10-6-16)30(32)33)20(14-27)22(17(12-25)13-26)28-24(23,31)18-7-8-18/h2-6,9-11,18,21,23,28,31H,7-8H2,1H3/t21-,23-,24-/m1/s1. The molecule has 1 aliphatic carbocycles. The van der Waals surface area contributed by atoms with Gasteiger partial charge in [-0.2, -0.15) is 15.1 Å². The molecule has 3 atom stereocenters. The topological polar surface area (TPSA) is 149 Å². The zero-order valence-electron chi connectivity index (χ0n) is 17.8. The van der Waals surface area contributed by atoms with Crippen LogP contribution in [-0.4, -0.2) is 21.6 Å². The fraction of sp³-hybridized carbons (Fsp3) is 0.292. The molecule has 1 aliphatic heterocycles. The van der Waals surface area contributed by atoms with Crippen molar-refractivity contribution in [2.75, 3.05) is 0 Å². The Kier molecular flexibility index (Phi) is 5.53. The first-order chi connectivity index (χ1) is 15.8. The van der Waals surface area contributed by atoms with Crippen molar-refractivity contribution in [3.05, 3.63) is 92.3 Å². The van der Waals surface area contributed by atoms with Gasteiger partial charge in [0.25, 0.3) is 5.69 Å². The van der Waals surface area contributed by atoms with Gasteiger partial charge in [0.1, 0.15) is 6.07 Å². The van der Waals surface area contributed by atoms with Crippen molar-refractivity contribution in [3.8, 4) is 12.1 Å². The zero-order chi connectivity index (χ0) is 23.8. The fourth-order valence-corrected chi connectivity index (χ4v) is 4.61. The van der Waals surface area contributed by atoms with Gasteiger partial charge >= 0.3 is 0 Å². The molecule has 4 rings (SSSR count). The largest absolute Gasteiger partial charge is 0.762 e. The van der Waals surface area contributed by atoms with Crippen molar-refractivity contribution in [2.24, 2.45) is 5.92 Å². The molecular weight excluding hydrogens is 420 g/mol. The molecule has 164 valence electrons. The Hall–Kier alpha value is -4.30. The maximum Gasteiger partial charge on any atom is 0.269 e. The molecule has 0 unspecified atom stereocenters. The summed E-state index contributed by atoms with van der Waals surface area (Å²) in [7, 11) is 0. The summed E-state index contributed by atoms with van der Waals surface area (Å²) in [6.07, 6.45) is 3.29. The molecule has 0 saturated heterocycles. The van der Waals surface area contributed by atoms with Crippen molar-refractivity contribution >= 4 is 11.6 Å². The third kappa shape index (κ3) is 3.66. The minimum atomic E-state index is -1.56. The number of nitro groups is 1. The van der Waals surface area contributed by atoms with Crippen molar-refractivity contribution in [2.45, 2.75) is 37.5 Å². The molecule has 0 amide bonds. The number of pyridine rings is 1. The van der Waals surface area contributed by atoms with E-state index >= 15 is 0 Å². The second-order valence-corrected chi connectivity index (χ2v) is 8.24. The summed E-state index contributed by atoms with van der Waals surface area (Å²) in [6, 6.07) is 14.6. The molecule has 2 aromatic rings. The van der Waals surface area contributed by atoms with Crippen molar-refractivity contribution in [1.82, 2.24) is 5.32 Å². The van der Waals surface area contributed by atoms with E-state index in [0.29, 0.717) is 5.56 Å². The molecule has 9 nitrogen and oxygen atoms in total. The molecule has 0 spiro atoms. The SMILES string of the molecule is Cc1cccc[n+]1[C@@H]1[C@H](c2ccc([N+](=O)[O-])cc2)C(C#N)=C(C(=C=[N-])C#N)N[C@@]1(O)C1CC1. The van der Waals surface area contributed by atoms with Crippen LogP contribution in [0.5, 0.6) is 0 Å².